The molecule has 1 aromatic heterocycles. The van der Waals surface area contributed by atoms with E-state index in [1.807, 2.05) is 24.3 Å². The average molecular weight is 291 g/mol. The third-order valence-corrected chi connectivity index (χ3v) is 3.56. The molecule has 0 spiro atoms. The predicted octanol–water partition coefficient (Wildman–Crippen LogP) is 3.51. The van der Waals surface area contributed by atoms with Crippen molar-refractivity contribution in [3.63, 3.8) is 0 Å². The van der Waals surface area contributed by atoms with Gasteiger partial charge in [-0.2, -0.15) is 5.26 Å². The largest absolute Gasteiger partial charge is 0.439 e. The number of hydrogen-bond donors (Lipinski definition) is 1. The van der Waals surface area contributed by atoms with Gasteiger partial charge in [0, 0.05) is 12.3 Å². The minimum atomic E-state index is 0.491. The molecule has 1 aromatic carbocycles. The third kappa shape index (κ3) is 3.72. The molecule has 1 aliphatic heterocycles. The summed E-state index contributed by atoms with van der Waals surface area (Å²) < 4.78 is 5.75. The second-order valence-corrected chi connectivity index (χ2v) is 5.22. The van der Waals surface area contributed by atoms with Crippen molar-refractivity contribution < 1.29 is 4.74 Å². The Hall–Kier alpha value is -2.64. The molecule has 4 nitrogen and oxygen atoms in total. The summed E-state index contributed by atoms with van der Waals surface area (Å²) in [6.07, 6.45) is 5.95. The van der Waals surface area contributed by atoms with Gasteiger partial charge in [-0.05, 0) is 49.7 Å². The Morgan fingerprint density at radius 2 is 2.05 bits per heavy atom. The van der Waals surface area contributed by atoms with E-state index in [4.69, 9.17) is 10.00 Å². The minimum Gasteiger partial charge on any atom is -0.439 e. The van der Waals surface area contributed by atoms with Gasteiger partial charge in [-0.1, -0.05) is 23.8 Å². The monoisotopic (exact) mass is 291 g/mol. The van der Waals surface area contributed by atoms with Crippen molar-refractivity contribution in [2.75, 3.05) is 13.1 Å². The molecule has 1 N–H and O–H groups in total. The number of rotatable bonds is 3. The van der Waals surface area contributed by atoms with Crippen LogP contribution < -0.4 is 10.1 Å². The van der Waals surface area contributed by atoms with E-state index in [-0.39, 0.29) is 0 Å². The highest BCUT2D eigenvalue weighted by Crippen LogP contribution is 2.23. The van der Waals surface area contributed by atoms with E-state index in [1.165, 1.54) is 11.8 Å². The molecule has 0 saturated carbocycles. The highest BCUT2D eigenvalue weighted by atomic mass is 16.5. The molecule has 0 bridgehead atoms. The standard InChI is InChI=1S/C18H17N3O/c19-12-16-4-5-18(21-13-16)22-17-3-1-2-15(11-17)10-14-6-8-20-9-7-14/h1-5,10-11,13,20H,6-9H2. The Kier molecular flexibility index (Phi) is 4.47. The second-order valence-electron chi connectivity index (χ2n) is 5.22. The molecule has 0 radical (unpaired) electrons. The van der Waals surface area contributed by atoms with Crippen molar-refractivity contribution in [1.82, 2.24) is 10.3 Å². The number of pyridine rings is 1. The van der Waals surface area contributed by atoms with E-state index in [1.54, 1.807) is 12.1 Å². The zero-order chi connectivity index (χ0) is 15.2. The first-order chi connectivity index (χ1) is 10.8. The van der Waals surface area contributed by atoms with Crippen LogP contribution in [0.4, 0.5) is 0 Å². The number of aromatic nitrogens is 1. The van der Waals surface area contributed by atoms with Crippen LogP contribution >= 0.6 is 0 Å². The number of nitrogens with one attached hydrogen (secondary N) is 1. The fourth-order valence-electron chi connectivity index (χ4n) is 2.42. The van der Waals surface area contributed by atoms with Gasteiger partial charge in [0.05, 0.1) is 5.56 Å². The molecule has 1 saturated heterocycles. The lowest BCUT2D eigenvalue weighted by atomic mass is 10.0. The summed E-state index contributed by atoms with van der Waals surface area (Å²) >= 11 is 0. The lowest BCUT2D eigenvalue weighted by Crippen LogP contribution is -2.22. The van der Waals surface area contributed by atoms with Crippen LogP contribution in [0.2, 0.25) is 0 Å². The fourth-order valence-corrected chi connectivity index (χ4v) is 2.42. The average Bonchev–Trinajstić information content (AvgIpc) is 2.57. The van der Waals surface area contributed by atoms with E-state index in [9.17, 15) is 0 Å². The lowest BCUT2D eigenvalue weighted by molar-refractivity contribution is 0.463. The lowest BCUT2D eigenvalue weighted by Gasteiger charge is -2.15. The maximum absolute atomic E-state index is 8.77. The molecular formula is C18H17N3O. The van der Waals surface area contributed by atoms with Crippen LogP contribution in [0.25, 0.3) is 6.08 Å². The number of piperidine rings is 1. The van der Waals surface area contributed by atoms with Gasteiger partial charge >= 0.3 is 0 Å². The normalized spacial score (nSPS) is 14.2. The molecule has 1 fully saturated rings. The molecule has 3 rings (SSSR count). The van der Waals surface area contributed by atoms with Crippen LogP contribution in [0.1, 0.15) is 24.0 Å². The van der Waals surface area contributed by atoms with Crippen molar-refractivity contribution in [2.24, 2.45) is 0 Å². The van der Waals surface area contributed by atoms with Crippen LogP contribution in [-0.4, -0.2) is 18.1 Å². The van der Waals surface area contributed by atoms with Gasteiger partial charge in [0.15, 0.2) is 0 Å². The van der Waals surface area contributed by atoms with Gasteiger partial charge in [0.25, 0.3) is 0 Å². The second kappa shape index (κ2) is 6.88. The summed E-state index contributed by atoms with van der Waals surface area (Å²) in [4.78, 5) is 4.12. The predicted molar refractivity (Wildman–Crippen MR) is 85.5 cm³/mol. The number of nitriles is 1. The maximum Gasteiger partial charge on any atom is 0.219 e. The van der Waals surface area contributed by atoms with Crippen molar-refractivity contribution >= 4 is 6.08 Å². The molecule has 4 heteroatoms. The molecule has 0 aliphatic carbocycles. The number of ether oxygens (including phenoxy) is 1. The highest BCUT2D eigenvalue weighted by Gasteiger charge is 2.05. The van der Waals surface area contributed by atoms with Gasteiger partial charge in [-0.15, -0.1) is 0 Å². The zero-order valence-corrected chi connectivity index (χ0v) is 12.2. The van der Waals surface area contributed by atoms with Crippen LogP contribution in [0.15, 0.2) is 48.2 Å². The van der Waals surface area contributed by atoms with Gasteiger partial charge in [0.1, 0.15) is 11.8 Å². The summed E-state index contributed by atoms with van der Waals surface area (Å²) in [5.41, 5.74) is 3.13. The Morgan fingerprint density at radius 3 is 2.77 bits per heavy atom. The fraction of sp³-hybridized carbons (Fsp3) is 0.222. The minimum absolute atomic E-state index is 0.491. The summed E-state index contributed by atoms with van der Waals surface area (Å²) in [5, 5.41) is 12.1. The Labute approximate surface area is 130 Å². The number of benzene rings is 1. The molecule has 1 aliphatic rings. The summed E-state index contributed by atoms with van der Waals surface area (Å²) in [7, 11) is 0. The quantitative estimate of drug-likeness (QED) is 0.940. The summed E-state index contributed by atoms with van der Waals surface area (Å²) in [5.74, 6) is 1.24. The summed E-state index contributed by atoms with van der Waals surface area (Å²) in [6, 6.07) is 13.4. The van der Waals surface area contributed by atoms with E-state index in [0.717, 1.165) is 37.2 Å². The Bertz CT molecular complexity index is 706. The van der Waals surface area contributed by atoms with E-state index in [0.29, 0.717) is 11.4 Å². The van der Waals surface area contributed by atoms with Crippen molar-refractivity contribution in [1.29, 1.82) is 5.26 Å². The topological polar surface area (TPSA) is 57.9 Å². The van der Waals surface area contributed by atoms with Crippen LogP contribution in [0, 0.1) is 11.3 Å². The highest BCUT2D eigenvalue weighted by molar-refractivity contribution is 5.55. The zero-order valence-electron chi connectivity index (χ0n) is 12.2. The first kappa shape index (κ1) is 14.3. The molecule has 22 heavy (non-hydrogen) atoms. The van der Waals surface area contributed by atoms with Crippen molar-refractivity contribution in [3.05, 3.63) is 59.3 Å². The summed E-state index contributed by atoms with van der Waals surface area (Å²) in [6.45, 7) is 2.11. The van der Waals surface area contributed by atoms with Gasteiger partial charge in [0.2, 0.25) is 5.88 Å². The third-order valence-electron chi connectivity index (χ3n) is 3.56. The molecule has 0 unspecified atom stereocenters. The molecule has 0 amide bonds. The van der Waals surface area contributed by atoms with Crippen LogP contribution in [-0.2, 0) is 0 Å². The SMILES string of the molecule is N#Cc1ccc(Oc2cccc(C=C3CCNCC3)c2)nc1. The first-order valence-corrected chi connectivity index (χ1v) is 7.38. The molecule has 2 heterocycles. The van der Waals surface area contributed by atoms with Crippen LogP contribution in [0.3, 0.4) is 0 Å². The van der Waals surface area contributed by atoms with E-state index >= 15 is 0 Å². The van der Waals surface area contributed by atoms with E-state index in [2.05, 4.69) is 22.4 Å². The molecule has 2 aromatic rings. The van der Waals surface area contributed by atoms with Crippen molar-refractivity contribution in [2.45, 2.75) is 12.8 Å². The van der Waals surface area contributed by atoms with Gasteiger partial charge in [-0.3, -0.25) is 0 Å². The van der Waals surface area contributed by atoms with Gasteiger partial charge in [-0.25, -0.2) is 4.98 Å². The molecule has 0 atom stereocenters. The number of hydrogen-bond acceptors (Lipinski definition) is 4. The Morgan fingerprint density at radius 1 is 1.18 bits per heavy atom. The van der Waals surface area contributed by atoms with E-state index < -0.39 is 0 Å². The Balaban J connectivity index is 1.74. The molecule has 110 valence electrons. The van der Waals surface area contributed by atoms with Gasteiger partial charge < -0.3 is 10.1 Å². The first-order valence-electron chi connectivity index (χ1n) is 7.38. The maximum atomic E-state index is 8.77. The van der Waals surface area contributed by atoms with Crippen molar-refractivity contribution in [3.8, 4) is 17.7 Å². The number of nitrogens with zero attached hydrogens (tertiary/aromatic N) is 2. The van der Waals surface area contributed by atoms with Crippen LogP contribution in [0.5, 0.6) is 11.6 Å². The smallest absolute Gasteiger partial charge is 0.219 e. The molecular weight excluding hydrogens is 274 g/mol.